The van der Waals surface area contributed by atoms with Crippen LogP contribution in [-0.4, -0.2) is 42.7 Å². The molecule has 0 bridgehead atoms. The fraction of sp³-hybridized carbons (Fsp3) is 0.280. The zero-order valence-corrected chi connectivity index (χ0v) is 21.6. The van der Waals surface area contributed by atoms with E-state index in [2.05, 4.69) is 5.32 Å². The maximum atomic E-state index is 12.9. The molecule has 4 rings (SSSR count). The second-order valence-corrected chi connectivity index (χ2v) is 8.16. The Morgan fingerprint density at radius 3 is 2.46 bits per heavy atom. The van der Waals surface area contributed by atoms with Gasteiger partial charge in [-0.1, -0.05) is 0 Å². The summed E-state index contributed by atoms with van der Waals surface area (Å²) in [6.45, 7) is 4.85. The number of hydrogen-bond donors (Lipinski definition) is 1. The van der Waals surface area contributed by atoms with E-state index in [-0.39, 0.29) is 24.7 Å². The standard InChI is InChI=1S/C25H27N3O5S.ClH/c1-5-32-18-8-10-21(33-6-2)19(13-18)26-24(29)12-17-15-34-25-27-20(14-28(17)25)16-7-9-22(30-3)23(11-16)31-4;/h7-11,13-15H,5-6,12H2,1-4H3,(H,26,29);1H. The summed E-state index contributed by atoms with van der Waals surface area (Å²) in [7, 11) is 3.21. The Balaban J connectivity index is 0.00000342. The molecule has 2 heterocycles. The van der Waals surface area contributed by atoms with Gasteiger partial charge in [0.2, 0.25) is 5.91 Å². The van der Waals surface area contributed by atoms with Crippen molar-refractivity contribution < 1.29 is 23.7 Å². The fourth-order valence-corrected chi connectivity index (χ4v) is 4.47. The quantitative estimate of drug-likeness (QED) is 0.300. The van der Waals surface area contributed by atoms with E-state index in [9.17, 15) is 4.79 Å². The molecule has 0 aliphatic carbocycles. The third kappa shape index (κ3) is 5.80. The Hall–Kier alpha value is -3.43. The van der Waals surface area contributed by atoms with Crippen molar-refractivity contribution in [1.82, 2.24) is 9.38 Å². The van der Waals surface area contributed by atoms with Crippen molar-refractivity contribution in [2.24, 2.45) is 0 Å². The Morgan fingerprint density at radius 1 is 1.00 bits per heavy atom. The van der Waals surface area contributed by atoms with Crippen LogP contribution in [0.15, 0.2) is 48.0 Å². The summed E-state index contributed by atoms with van der Waals surface area (Å²) >= 11 is 1.49. The Labute approximate surface area is 214 Å². The maximum absolute atomic E-state index is 12.9. The van der Waals surface area contributed by atoms with Crippen molar-refractivity contribution in [1.29, 1.82) is 0 Å². The molecule has 0 aliphatic heterocycles. The molecular weight excluding hydrogens is 490 g/mol. The molecule has 1 amide bonds. The minimum atomic E-state index is -0.157. The highest BCUT2D eigenvalue weighted by atomic mass is 35.5. The van der Waals surface area contributed by atoms with Crippen LogP contribution >= 0.6 is 23.7 Å². The molecular formula is C25H28ClN3O5S. The van der Waals surface area contributed by atoms with Gasteiger partial charge in [-0.05, 0) is 44.2 Å². The van der Waals surface area contributed by atoms with Crippen LogP contribution in [0.2, 0.25) is 0 Å². The molecule has 10 heteroatoms. The molecule has 2 aromatic heterocycles. The molecule has 0 saturated carbocycles. The average molecular weight is 518 g/mol. The lowest BCUT2D eigenvalue weighted by Gasteiger charge is -2.13. The van der Waals surface area contributed by atoms with Crippen LogP contribution in [0, 0.1) is 0 Å². The first kappa shape index (κ1) is 26.2. The van der Waals surface area contributed by atoms with Gasteiger partial charge >= 0.3 is 0 Å². The normalized spacial score (nSPS) is 10.5. The van der Waals surface area contributed by atoms with Crippen molar-refractivity contribution in [2.75, 3.05) is 32.8 Å². The van der Waals surface area contributed by atoms with Gasteiger partial charge < -0.3 is 24.3 Å². The number of hydrogen-bond acceptors (Lipinski definition) is 7. The summed E-state index contributed by atoms with van der Waals surface area (Å²) in [6.07, 6.45) is 2.11. The first-order valence-corrected chi connectivity index (χ1v) is 11.8. The fourth-order valence-electron chi connectivity index (χ4n) is 3.59. The molecule has 0 spiro atoms. The zero-order valence-electron chi connectivity index (χ0n) is 20.0. The molecule has 0 unspecified atom stereocenters. The summed E-state index contributed by atoms with van der Waals surface area (Å²) in [4.78, 5) is 18.4. The molecule has 2 aromatic carbocycles. The monoisotopic (exact) mass is 517 g/mol. The lowest BCUT2D eigenvalue weighted by molar-refractivity contribution is -0.115. The highest BCUT2D eigenvalue weighted by Crippen LogP contribution is 2.33. The number of ether oxygens (including phenoxy) is 4. The van der Waals surface area contributed by atoms with Crippen LogP contribution in [-0.2, 0) is 11.2 Å². The molecule has 0 atom stereocenters. The van der Waals surface area contributed by atoms with E-state index < -0.39 is 0 Å². The van der Waals surface area contributed by atoms with Crippen molar-refractivity contribution >= 4 is 40.3 Å². The van der Waals surface area contributed by atoms with Gasteiger partial charge in [-0.15, -0.1) is 23.7 Å². The lowest BCUT2D eigenvalue weighted by Crippen LogP contribution is -2.16. The Kier molecular flexibility index (Phi) is 8.84. The number of nitrogens with zero attached hydrogens (tertiary/aromatic N) is 2. The number of methoxy groups -OCH3 is 2. The first-order chi connectivity index (χ1) is 16.6. The van der Waals surface area contributed by atoms with Crippen LogP contribution < -0.4 is 24.3 Å². The van der Waals surface area contributed by atoms with Crippen LogP contribution in [0.25, 0.3) is 16.2 Å². The molecule has 0 saturated heterocycles. The third-order valence-corrected chi connectivity index (χ3v) is 6.03. The third-order valence-electron chi connectivity index (χ3n) is 5.14. The number of halogens is 1. The minimum Gasteiger partial charge on any atom is -0.494 e. The van der Waals surface area contributed by atoms with Gasteiger partial charge in [0.1, 0.15) is 11.5 Å². The number of anilines is 1. The molecule has 8 nitrogen and oxygen atoms in total. The van der Waals surface area contributed by atoms with E-state index in [0.717, 1.165) is 21.9 Å². The Bertz CT molecular complexity index is 1300. The number of amides is 1. The lowest BCUT2D eigenvalue weighted by atomic mass is 10.1. The van der Waals surface area contributed by atoms with Gasteiger partial charge in [-0.25, -0.2) is 4.98 Å². The van der Waals surface area contributed by atoms with Gasteiger partial charge in [-0.3, -0.25) is 9.20 Å². The molecule has 0 fully saturated rings. The molecule has 0 radical (unpaired) electrons. The molecule has 1 N–H and O–H groups in total. The van der Waals surface area contributed by atoms with Crippen LogP contribution in [0.3, 0.4) is 0 Å². The predicted octanol–water partition coefficient (Wildman–Crippen LogP) is 5.48. The SMILES string of the molecule is CCOc1ccc(OCC)c(NC(=O)Cc2csc3nc(-c4ccc(OC)c(OC)c4)cn23)c1.Cl. The van der Waals surface area contributed by atoms with Crippen LogP contribution in [0.5, 0.6) is 23.0 Å². The smallest absolute Gasteiger partial charge is 0.230 e. The van der Waals surface area contributed by atoms with Crippen molar-refractivity contribution in [3.05, 3.63) is 53.7 Å². The van der Waals surface area contributed by atoms with Crippen LogP contribution in [0.4, 0.5) is 5.69 Å². The highest BCUT2D eigenvalue weighted by Gasteiger charge is 2.16. The average Bonchev–Trinajstić information content (AvgIpc) is 3.42. The van der Waals surface area contributed by atoms with Crippen molar-refractivity contribution in [3.63, 3.8) is 0 Å². The number of imidazole rings is 1. The molecule has 4 aromatic rings. The number of carbonyl (C=O) groups is 1. The summed E-state index contributed by atoms with van der Waals surface area (Å²) in [5.74, 6) is 2.41. The largest absolute Gasteiger partial charge is 0.494 e. The number of benzene rings is 2. The first-order valence-electron chi connectivity index (χ1n) is 10.9. The second kappa shape index (κ2) is 11.8. The van der Waals surface area contributed by atoms with E-state index in [1.165, 1.54) is 11.3 Å². The second-order valence-electron chi connectivity index (χ2n) is 7.32. The van der Waals surface area contributed by atoms with Crippen molar-refractivity contribution in [2.45, 2.75) is 20.3 Å². The van der Waals surface area contributed by atoms with Gasteiger partial charge in [0.25, 0.3) is 0 Å². The minimum absolute atomic E-state index is 0. The van der Waals surface area contributed by atoms with Crippen LogP contribution in [0.1, 0.15) is 19.5 Å². The number of thiazole rings is 1. The Morgan fingerprint density at radius 2 is 1.74 bits per heavy atom. The summed E-state index contributed by atoms with van der Waals surface area (Å²) < 4.78 is 23.9. The van der Waals surface area contributed by atoms with Crippen molar-refractivity contribution in [3.8, 4) is 34.3 Å². The molecule has 35 heavy (non-hydrogen) atoms. The predicted molar refractivity (Wildman–Crippen MR) is 140 cm³/mol. The van der Waals surface area contributed by atoms with Gasteiger partial charge in [0.05, 0.1) is 45.2 Å². The molecule has 186 valence electrons. The number of carbonyl (C=O) groups excluding carboxylic acids is 1. The number of fused-ring (bicyclic) bond motifs is 1. The van der Waals surface area contributed by atoms with E-state index in [1.807, 2.05) is 54.1 Å². The number of rotatable bonds is 10. The van der Waals surface area contributed by atoms with E-state index >= 15 is 0 Å². The summed E-state index contributed by atoms with van der Waals surface area (Å²) in [5.41, 5.74) is 3.12. The summed E-state index contributed by atoms with van der Waals surface area (Å²) in [6, 6.07) is 11.1. The zero-order chi connectivity index (χ0) is 24.1. The molecule has 0 aliphatic rings. The number of aromatic nitrogens is 2. The van der Waals surface area contributed by atoms with E-state index in [4.69, 9.17) is 23.9 Å². The van der Waals surface area contributed by atoms with Gasteiger partial charge in [0.15, 0.2) is 16.5 Å². The highest BCUT2D eigenvalue weighted by molar-refractivity contribution is 7.15. The van der Waals surface area contributed by atoms with Gasteiger partial charge in [0, 0.05) is 28.9 Å². The summed E-state index contributed by atoms with van der Waals surface area (Å²) in [5, 5.41) is 4.90. The maximum Gasteiger partial charge on any atom is 0.230 e. The van der Waals surface area contributed by atoms with E-state index in [1.54, 1.807) is 26.4 Å². The number of nitrogens with one attached hydrogen (secondary N) is 1. The van der Waals surface area contributed by atoms with Gasteiger partial charge in [-0.2, -0.15) is 0 Å². The van der Waals surface area contributed by atoms with E-state index in [0.29, 0.717) is 41.9 Å². The topological polar surface area (TPSA) is 83.3 Å².